The summed E-state index contributed by atoms with van der Waals surface area (Å²) in [5, 5.41) is 2.18. The lowest BCUT2D eigenvalue weighted by molar-refractivity contribution is 0.0730. The lowest BCUT2D eigenvalue weighted by atomic mass is 10.2. The van der Waals surface area contributed by atoms with Gasteiger partial charge in [0.25, 0.3) is 5.91 Å². The van der Waals surface area contributed by atoms with Crippen LogP contribution in [0.2, 0.25) is 5.02 Å². The molecule has 0 bridgehead atoms. The smallest absolute Gasteiger partial charge is 0.257 e. The number of ether oxygens (including phenoxy) is 1. The predicted molar refractivity (Wildman–Crippen MR) is 95.3 cm³/mol. The Bertz CT molecular complexity index is 979. The standard InChI is InChI=1S/C17H15ClF2N2O4S/c18-14-10-16(20)15(19)9-13(14)17(23)21-11-2-1-3-12(8-11)27(24,25)22-4-6-26-7-5-22/h1-3,8-10H,4-7H2,(H,21,23). The molecule has 1 saturated heterocycles. The highest BCUT2D eigenvalue weighted by atomic mass is 35.5. The van der Waals surface area contributed by atoms with Gasteiger partial charge in [-0.2, -0.15) is 4.31 Å². The van der Waals surface area contributed by atoms with Gasteiger partial charge in [-0.25, -0.2) is 17.2 Å². The molecule has 0 atom stereocenters. The molecule has 10 heteroatoms. The number of hydrogen-bond acceptors (Lipinski definition) is 4. The Morgan fingerprint density at radius 2 is 1.78 bits per heavy atom. The first-order valence-electron chi connectivity index (χ1n) is 7.93. The molecule has 144 valence electrons. The zero-order valence-corrected chi connectivity index (χ0v) is 15.5. The number of nitrogens with zero attached hydrogens (tertiary/aromatic N) is 1. The maximum atomic E-state index is 13.4. The molecule has 1 heterocycles. The number of morpholine rings is 1. The summed E-state index contributed by atoms with van der Waals surface area (Å²) < 4.78 is 58.3. The summed E-state index contributed by atoms with van der Waals surface area (Å²) in [5.41, 5.74) is -0.0906. The minimum Gasteiger partial charge on any atom is -0.379 e. The number of carbonyl (C=O) groups is 1. The second-order valence-corrected chi connectivity index (χ2v) is 8.09. The molecule has 1 fully saturated rings. The average molecular weight is 417 g/mol. The molecule has 1 aliphatic heterocycles. The Balaban J connectivity index is 1.84. The van der Waals surface area contributed by atoms with Crippen molar-refractivity contribution in [1.82, 2.24) is 4.31 Å². The number of nitrogens with one attached hydrogen (secondary N) is 1. The number of hydrogen-bond donors (Lipinski definition) is 1. The van der Waals surface area contributed by atoms with Crippen molar-refractivity contribution in [2.75, 3.05) is 31.6 Å². The molecular formula is C17H15ClF2N2O4S. The van der Waals surface area contributed by atoms with E-state index in [1.807, 2.05) is 0 Å². The van der Waals surface area contributed by atoms with E-state index in [9.17, 15) is 22.0 Å². The van der Waals surface area contributed by atoms with Crippen molar-refractivity contribution in [2.45, 2.75) is 4.90 Å². The molecule has 0 unspecified atom stereocenters. The normalized spacial score (nSPS) is 15.5. The van der Waals surface area contributed by atoms with Gasteiger partial charge in [0.1, 0.15) is 0 Å². The number of rotatable bonds is 4. The van der Waals surface area contributed by atoms with Gasteiger partial charge in [-0.1, -0.05) is 17.7 Å². The quantitative estimate of drug-likeness (QED) is 0.778. The van der Waals surface area contributed by atoms with Crippen molar-refractivity contribution in [3.8, 4) is 0 Å². The summed E-state index contributed by atoms with van der Waals surface area (Å²) in [7, 11) is -3.74. The lowest BCUT2D eigenvalue weighted by Crippen LogP contribution is -2.40. The van der Waals surface area contributed by atoms with Crippen LogP contribution in [0.15, 0.2) is 41.3 Å². The molecule has 27 heavy (non-hydrogen) atoms. The topological polar surface area (TPSA) is 75.7 Å². The minimum atomic E-state index is -3.74. The summed E-state index contributed by atoms with van der Waals surface area (Å²) in [4.78, 5) is 12.3. The molecule has 3 rings (SSSR count). The van der Waals surface area contributed by atoms with Gasteiger partial charge in [-0.3, -0.25) is 4.79 Å². The van der Waals surface area contributed by atoms with E-state index in [2.05, 4.69) is 5.32 Å². The van der Waals surface area contributed by atoms with Gasteiger partial charge in [-0.05, 0) is 30.3 Å². The first kappa shape index (κ1) is 19.7. The third-order valence-corrected chi connectivity index (χ3v) is 6.16. The highest BCUT2D eigenvalue weighted by Gasteiger charge is 2.26. The third kappa shape index (κ3) is 4.27. The monoisotopic (exact) mass is 416 g/mol. The van der Waals surface area contributed by atoms with Gasteiger partial charge >= 0.3 is 0 Å². The van der Waals surface area contributed by atoms with Gasteiger partial charge < -0.3 is 10.1 Å². The Labute approximate surface area is 159 Å². The van der Waals surface area contributed by atoms with Crippen molar-refractivity contribution in [2.24, 2.45) is 0 Å². The predicted octanol–water partition coefficient (Wildman–Crippen LogP) is 2.89. The molecular weight excluding hydrogens is 402 g/mol. The SMILES string of the molecule is O=C(Nc1cccc(S(=O)(=O)N2CCOCC2)c1)c1cc(F)c(F)cc1Cl. The van der Waals surface area contributed by atoms with E-state index in [0.717, 1.165) is 0 Å². The summed E-state index contributed by atoms with van der Waals surface area (Å²) in [5.74, 6) is -3.18. The van der Waals surface area contributed by atoms with Gasteiger partial charge in [-0.15, -0.1) is 0 Å². The van der Waals surface area contributed by atoms with Crippen molar-refractivity contribution < 1.29 is 26.7 Å². The zero-order chi connectivity index (χ0) is 19.6. The maximum absolute atomic E-state index is 13.4. The molecule has 1 aliphatic rings. The van der Waals surface area contributed by atoms with E-state index >= 15 is 0 Å². The fraction of sp³-hybridized carbons (Fsp3) is 0.235. The van der Waals surface area contributed by atoms with Crippen LogP contribution in [0, 0.1) is 11.6 Å². The Hall–Kier alpha value is -2.07. The van der Waals surface area contributed by atoms with Crippen LogP contribution in [0.4, 0.5) is 14.5 Å². The molecule has 0 aliphatic carbocycles. The van der Waals surface area contributed by atoms with E-state index < -0.39 is 27.6 Å². The number of carbonyl (C=O) groups excluding carboxylic acids is 1. The van der Waals surface area contributed by atoms with Crippen LogP contribution in [0.3, 0.4) is 0 Å². The van der Waals surface area contributed by atoms with Gasteiger partial charge in [0.05, 0.1) is 28.7 Å². The number of halogens is 3. The Morgan fingerprint density at radius 1 is 1.11 bits per heavy atom. The van der Waals surface area contributed by atoms with Crippen LogP contribution >= 0.6 is 11.6 Å². The molecule has 0 radical (unpaired) electrons. The maximum Gasteiger partial charge on any atom is 0.257 e. The molecule has 0 spiro atoms. The molecule has 6 nitrogen and oxygen atoms in total. The molecule has 0 saturated carbocycles. The number of benzene rings is 2. The van der Waals surface area contributed by atoms with Crippen LogP contribution < -0.4 is 5.32 Å². The highest BCUT2D eigenvalue weighted by molar-refractivity contribution is 7.89. The van der Waals surface area contributed by atoms with Crippen molar-refractivity contribution >= 4 is 33.2 Å². The van der Waals surface area contributed by atoms with E-state index in [0.29, 0.717) is 25.3 Å². The summed E-state index contributed by atoms with van der Waals surface area (Å²) in [6.07, 6.45) is 0. The number of amides is 1. The van der Waals surface area contributed by atoms with E-state index in [-0.39, 0.29) is 34.3 Å². The Kier molecular flexibility index (Phi) is 5.75. The van der Waals surface area contributed by atoms with Gasteiger partial charge in [0.2, 0.25) is 10.0 Å². The first-order valence-corrected chi connectivity index (χ1v) is 9.75. The summed E-state index contributed by atoms with van der Waals surface area (Å²) >= 11 is 5.79. The van der Waals surface area contributed by atoms with Gasteiger partial charge in [0.15, 0.2) is 11.6 Å². The van der Waals surface area contributed by atoms with Crippen LogP contribution in [0.25, 0.3) is 0 Å². The second-order valence-electron chi connectivity index (χ2n) is 5.74. The minimum absolute atomic E-state index is 0.00131. The molecule has 0 aromatic heterocycles. The van der Waals surface area contributed by atoms with Crippen molar-refractivity contribution in [3.63, 3.8) is 0 Å². The average Bonchev–Trinajstić information content (AvgIpc) is 2.65. The fourth-order valence-electron chi connectivity index (χ4n) is 2.57. The van der Waals surface area contributed by atoms with Crippen molar-refractivity contribution in [3.05, 3.63) is 58.6 Å². The highest BCUT2D eigenvalue weighted by Crippen LogP contribution is 2.24. The largest absolute Gasteiger partial charge is 0.379 e. The van der Waals surface area contributed by atoms with Crippen LogP contribution in [-0.4, -0.2) is 44.9 Å². The second kappa shape index (κ2) is 7.89. The molecule has 2 aromatic rings. The lowest BCUT2D eigenvalue weighted by Gasteiger charge is -2.26. The fourth-order valence-corrected chi connectivity index (χ4v) is 4.26. The number of anilines is 1. The molecule has 2 aromatic carbocycles. The first-order chi connectivity index (χ1) is 12.8. The summed E-state index contributed by atoms with van der Waals surface area (Å²) in [6.45, 7) is 1.10. The Morgan fingerprint density at radius 3 is 2.48 bits per heavy atom. The van der Waals surface area contributed by atoms with Crippen LogP contribution in [0.1, 0.15) is 10.4 Å². The van der Waals surface area contributed by atoms with Gasteiger partial charge in [0, 0.05) is 18.8 Å². The molecule has 1 amide bonds. The number of sulfonamides is 1. The molecule has 1 N–H and O–H groups in total. The zero-order valence-electron chi connectivity index (χ0n) is 13.9. The third-order valence-electron chi connectivity index (χ3n) is 3.95. The van der Waals surface area contributed by atoms with Crippen molar-refractivity contribution in [1.29, 1.82) is 0 Å². The van der Waals surface area contributed by atoms with E-state index in [1.54, 1.807) is 0 Å². The van der Waals surface area contributed by atoms with Crippen LogP contribution in [-0.2, 0) is 14.8 Å². The summed E-state index contributed by atoms with van der Waals surface area (Å²) in [6, 6.07) is 7.02. The van der Waals surface area contributed by atoms with E-state index in [1.165, 1.54) is 28.6 Å². The van der Waals surface area contributed by atoms with Crippen LogP contribution in [0.5, 0.6) is 0 Å². The van der Waals surface area contributed by atoms with E-state index in [4.69, 9.17) is 16.3 Å².